The minimum atomic E-state index is 0.937. The van der Waals surface area contributed by atoms with Gasteiger partial charge in [-0.05, 0) is 37.1 Å². The van der Waals surface area contributed by atoms with E-state index in [0.717, 1.165) is 18.5 Å². The number of para-hydroxylation sites is 2. The number of aromatic nitrogens is 1. The van der Waals surface area contributed by atoms with Crippen molar-refractivity contribution in [2.75, 3.05) is 0 Å². The molecule has 0 aliphatic heterocycles. The molecule has 3 aromatic rings. The molecule has 0 fully saturated rings. The summed E-state index contributed by atoms with van der Waals surface area (Å²) in [6, 6.07) is 17.2. The molecular formula is C18H16N2. The number of fused-ring (bicyclic) bond motifs is 3. The largest absolute Gasteiger partial charge is 0.402 e. The first kappa shape index (κ1) is 11.4. The minimum Gasteiger partial charge on any atom is -0.402 e. The van der Waals surface area contributed by atoms with Gasteiger partial charge in [0.1, 0.15) is 0 Å². The first-order valence-electron chi connectivity index (χ1n) is 6.98. The summed E-state index contributed by atoms with van der Waals surface area (Å²) in [4.78, 5) is 0. The highest BCUT2D eigenvalue weighted by atomic mass is 15.0. The Morgan fingerprint density at radius 1 is 0.750 bits per heavy atom. The van der Waals surface area contributed by atoms with E-state index in [4.69, 9.17) is 5.73 Å². The van der Waals surface area contributed by atoms with E-state index in [2.05, 4.69) is 59.2 Å². The SMILES string of the molecule is NC1=CC=C(n2c3ccccc3c3ccccc32)CC1. The van der Waals surface area contributed by atoms with E-state index in [0.29, 0.717) is 0 Å². The Morgan fingerprint density at radius 2 is 1.35 bits per heavy atom. The zero-order valence-electron chi connectivity index (χ0n) is 11.2. The van der Waals surface area contributed by atoms with Crippen molar-refractivity contribution in [1.29, 1.82) is 0 Å². The van der Waals surface area contributed by atoms with Gasteiger partial charge in [0.2, 0.25) is 0 Å². The molecule has 0 amide bonds. The Morgan fingerprint density at radius 3 is 1.90 bits per heavy atom. The van der Waals surface area contributed by atoms with E-state index in [1.54, 1.807) is 0 Å². The zero-order chi connectivity index (χ0) is 13.5. The smallest absolute Gasteiger partial charge is 0.0537 e. The number of nitrogens with two attached hydrogens (primary N) is 1. The van der Waals surface area contributed by atoms with Crippen LogP contribution in [0.5, 0.6) is 0 Å². The number of hydrogen-bond donors (Lipinski definition) is 1. The molecule has 1 aliphatic carbocycles. The summed E-state index contributed by atoms with van der Waals surface area (Å²) < 4.78 is 2.37. The second-order valence-corrected chi connectivity index (χ2v) is 5.27. The molecule has 2 aromatic carbocycles. The highest BCUT2D eigenvalue weighted by Crippen LogP contribution is 2.33. The van der Waals surface area contributed by atoms with Gasteiger partial charge < -0.3 is 10.3 Å². The molecule has 1 aliphatic rings. The van der Waals surface area contributed by atoms with Crippen molar-refractivity contribution < 1.29 is 0 Å². The topological polar surface area (TPSA) is 30.9 Å². The maximum atomic E-state index is 5.88. The van der Waals surface area contributed by atoms with E-state index in [9.17, 15) is 0 Å². The third-order valence-electron chi connectivity index (χ3n) is 4.03. The first-order chi connectivity index (χ1) is 9.84. The van der Waals surface area contributed by atoms with Crippen LogP contribution in [-0.2, 0) is 0 Å². The molecule has 2 N–H and O–H groups in total. The summed E-state index contributed by atoms with van der Waals surface area (Å²) in [6.07, 6.45) is 6.11. The summed E-state index contributed by atoms with van der Waals surface area (Å²) >= 11 is 0. The van der Waals surface area contributed by atoms with Crippen LogP contribution >= 0.6 is 0 Å². The van der Waals surface area contributed by atoms with Crippen LogP contribution < -0.4 is 5.73 Å². The van der Waals surface area contributed by atoms with Crippen LogP contribution in [0, 0.1) is 0 Å². The van der Waals surface area contributed by atoms with Gasteiger partial charge in [0, 0.05) is 22.2 Å². The molecule has 1 aromatic heterocycles. The van der Waals surface area contributed by atoms with Gasteiger partial charge in [0.25, 0.3) is 0 Å². The Bertz CT molecular complexity index is 812. The monoisotopic (exact) mass is 260 g/mol. The van der Waals surface area contributed by atoms with Crippen molar-refractivity contribution in [1.82, 2.24) is 4.57 Å². The van der Waals surface area contributed by atoms with Crippen molar-refractivity contribution in [2.24, 2.45) is 5.73 Å². The molecule has 20 heavy (non-hydrogen) atoms. The predicted molar refractivity (Wildman–Crippen MR) is 85.2 cm³/mol. The molecule has 2 heteroatoms. The Kier molecular flexibility index (Phi) is 2.43. The van der Waals surface area contributed by atoms with Gasteiger partial charge in [-0.15, -0.1) is 0 Å². The molecule has 0 bridgehead atoms. The summed E-state index contributed by atoms with van der Waals surface area (Å²) in [7, 11) is 0. The van der Waals surface area contributed by atoms with Crippen LogP contribution in [0.15, 0.2) is 66.4 Å². The standard InChI is InChI=1S/C18H16N2/c19-13-9-11-14(12-10-13)20-17-7-3-1-5-15(17)16-6-2-4-8-18(16)20/h1-9,11H,10,12,19H2. The lowest BCUT2D eigenvalue weighted by Crippen LogP contribution is -2.05. The molecule has 0 unspecified atom stereocenters. The van der Waals surface area contributed by atoms with E-state index in [1.165, 1.54) is 27.5 Å². The van der Waals surface area contributed by atoms with Gasteiger partial charge in [-0.2, -0.15) is 0 Å². The number of hydrogen-bond acceptors (Lipinski definition) is 1. The van der Waals surface area contributed by atoms with Crippen molar-refractivity contribution in [3.8, 4) is 0 Å². The van der Waals surface area contributed by atoms with Gasteiger partial charge in [-0.3, -0.25) is 0 Å². The molecule has 0 radical (unpaired) electrons. The van der Waals surface area contributed by atoms with Crippen molar-refractivity contribution >= 4 is 27.5 Å². The van der Waals surface area contributed by atoms with Crippen molar-refractivity contribution in [3.05, 3.63) is 66.4 Å². The molecule has 0 saturated heterocycles. The molecule has 0 atom stereocenters. The van der Waals surface area contributed by atoms with Crippen molar-refractivity contribution in [3.63, 3.8) is 0 Å². The summed E-state index contributed by atoms with van der Waals surface area (Å²) in [5.74, 6) is 0. The van der Waals surface area contributed by atoms with E-state index in [-0.39, 0.29) is 0 Å². The Labute approximate surface area is 117 Å². The fourth-order valence-electron chi connectivity index (χ4n) is 3.06. The minimum absolute atomic E-state index is 0.937. The molecule has 0 saturated carbocycles. The van der Waals surface area contributed by atoms with Gasteiger partial charge in [0.05, 0.1) is 11.0 Å². The van der Waals surface area contributed by atoms with Crippen LogP contribution in [-0.4, -0.2) is 4.57 Å². The maximum Gasteiger partial charge on any atom is 0.0537 e. The zero-order valence-corrected chi connectivity index (χ0v) is 11.2. The third kappa shape index (κ3) is 1.58. The second-order valence-electron chi connectivity index (χ2n) is 5.27. The highest BCUT2D eigenvalue weighted by molar-refractivity contribution is 6.10. The average molecular weight is 260 g/mol. The normalized spacial score (nSPS) is 15.4. The summed E-state index contributed by atoms with van der Waals surface area (Å²) in [6.45, 7) is 0. The van der Waals surface area contributed by atoms with Crippen LogP contribution in [0.4, 0.5) is 0 Å². The number of rotatable bonds is 1. The molecule has 4 rings (SSSR count). The van der Waals surface area contributed by atoms with Gasteiger partial charge >= 0.3 is 0 Å². The van der Waals surface area contributed by atoms with Gasteiger partial charge in [-0.1, -0.05) is 36.4 Å². The van der Waals surface area contributed by atoms with E-state index >= 15 is 0 Å². The molecule has 0 spiro atoms. The predicted octanol–water partition coefficient (Wildman–Crippen LogP) is 4.27. The molecular weight excluding hydrogens is 244 g/mol. The molecule has 2 nitrogen and oxygen atoms in total. The lowest BCUT2D eigenvalue weighted by molar-refractivity contribution is 0.914. The first-order valence-corrected chi connectivity index (χ1v) is 6.98. The van der Waals surface area contributed by atoms with Gasteiger partial charge in [0.15, 0.2) is 0 Å². The average Bonchev–Trinajstić information content (AvgIpc) is 2.83. The molecule has 1 heterocycles. The maximum absolute atomic E-state index is 5.88. The fourth-order valence-corrected chi connectivity index (χ4v) is 3.06. The van der Waals surface area contributed by atoms with Crippen LogP contribution in [0.1, 0.15) is 12.8 Å². The summed E-state index contributed by atoms with van der Waals surface area (Å²) in [5, 5.41) is 2.62. The second kappa shape index (κ2) is 4.27. The van der Waals surface area contributed by atoms with E-state index < -0.39 is 0 Å². The lowest BCUT2D eigenvalue weighted by atomic mass is 10.1. The summed E-state index contributed by atoms with van der Waals surface area (Å²) in [5.41, 5.74) is 10.7. The van der Waals surface area contributed by atoms with Gasteiger partial charge in [-0.25, -0.2) is 0 Å². The Hall–Kier alpha value is -2.48. The highest BCUT2D eigenvalue weighted by Gasteiger charge is 2.14. The van der Waals surface area contributed by atoms with Crippen molar-refractivity contribution in [2.45, 2.75) is 12.8 Å². The van der Waals surface area contributed by atoms with Crippen LogP contribution in [0.25, 0.3) is 27.5 Å². The quantitative estimate of drug-likeness (QED) is 0.696. The lowest BCUT2D eigenvalue weighted by Gasteiger charge is -2.15. The number of nitrogens with zero attached hydrogens (tertiary/aromatic N) is 1. The Balaban J connectivity index is 2.11. The number of allylic oxidation sites excluding steroid dienone is 4. The number of benzene rings is 2. The van der Waals surface area contributed by atoms with Crippen LogP contribution in [0.3, 0.4) is 0 Å². The van der Waals surface area contributed by atoms with E-state index in [1.807, 2.05) is 6.08 Å². The fraction of sp³-hybridized carbons (Fsp3) is 0.111. The van der Waals surface area contributed by atoms with Crippen LogP contribution in [0.2, 0.25) is 0 Å². The molecule has 98 valence electrons. The third-order valence-corrected chi connectivity index (χ3v) is 4.03.